The van der Waals surface area contributed by atoms with Gasteiger partial charge < -0.3 is 28.7 Å². The van der Waals surface area contributed by atoms with Crippen molar-refractivity contribution in [3.8, 4) is 5.69 Å². The van der Waals surface area contributed by atoms with Gasteiger partial charge >= 0.3 is 5.97 Å². The zero-order valence-corrected chi connectivity index (χ0v) is 16.2. The third kappa shape index (κ3) is 3.43. The summed E-state index contributed by atoms with van der Waals surface area (Å²) in [6, 6.07) is 16.2. The van der Waals surface area contributed by atoms with Crippen LogP contribution in [0.15, 0.2) is 54.7 Å². The molecular formula is C20H20INO2. The highest BCUT2D eigenvalue weighted by Crippen LogP contribution is 2.21. The zero-order valence-electron chi connectivity index (χ0n) is 14.0. The zero-order chi connectivity index (χ0) is 16.4. The largest absolute Gasteiger partial charge is 1.00 e. The van der Waals surface area contributed by atoms with E-state index in [2.05, 4.69) is 38.1 Å². The molecule has 3 nitrogen and oxygen atoms in total. The minimum Gasteiger partial charge on any atom is -1.00 e. The first-order valence-electron chi connectivity index (χ1n) is 7.80. The molecule has 0 N–H and O–H groups in total. The summed E-state index contributed by atoms with van der Waals surface area (Å²) >= 11 is 0. The molecule has 0 amide bonds. The molecule has 0 aliphatic heterocycles. The van der Waals surface area contributed by atoms with E-state index in [1.165, 1.54) is 5.56 Å². The molecule has 2 aromatic carbocycles. The Bertz CT molecular complexity index is 873. The van der Waals surface area contributed by atoms with Gasteiger partial charge in [0.05, 0.1) is 12.0 Å². The molecule has 0 bridgehead atoms. The molecule has 3 rings (SSSR count). The number of ether oxygens (including phenoxy) is 1. The topological polar surface area (TPSA) is 30.2 Å². The molecule has 0 atom stereocenters. The van der Waals surface area contributed by atoms with E-state index < -0.39 is 0 Å². The Balaban J connectivity index is 0.00000208. The summed E-state index contributed by atoms with van der Waals surface area (Å²) in [5.74, 6) is -0.287. The van der Waals surface area contributed by atoms with Crippen molar-refractivity contribution < 1.29 is 38.1 Å². The maximum absolute atomic E-state index is 12.4. The lowest BCUT2D eigenvalue weighted by atomic mass is 10.0. The molecule has 0 spiro atoms. The van der Waals surface area contributed by atoms with Crippen LogP contribution in [0.2, 0.25) is 0 Å². The summed E-state index contributed by atoms with van der Waals surface area (Å²) in [5.41, 5.74) is 3.92. The van der Waals surface area contributed by atoms with Crippen molar-refractivity contribution in [2.24, 2.45) is 0 Å². The minimum absolute atomic E-state index is 0. The fourth-order valence-corrected chi connectivity index (χ4v) is 2.80. The van der Waals surface area contributed by atoms with Crippen LogP contribution in [0.3, 0.4) is 0 Å². The Hall–Kier alpha value is -1.95. The Morgan fingerprint density at radius 1 is 1.00 bits per heavy atom. The van der Waals surface area contributed by atoms with E-state index in [1.54, 1.807) is 0 Å². The maximum Gasteiger partial charge on any atom is 0.344 e. The number of aromatic nitrogens is 1. The van der Waals surface area contributed by atoms with Gasteiger partial charge in [0.25, 0.3) is 0 Å². The summed E-state index contributed by atoms with van der Waals surface area (Å²) in [6.07, 6.45) is 1.88. The van der Waals surface area contributed by atoms with Crippen LogP contribution in [0, 0.1) is 13.8 Å². The Morgan fingerprint density at radius 2 is 1.62 bits per heavy atom. The van der Waals surface area contributed by atoms with Crippen LogP contribution in [0.1, 0.15) is 28.5 Å². The number of carbonyl (C=O) groups is 1. The number of benzene rings is 2. The Morgan fingerprint density at radius 3 is 2.25 bits per heavy atom. The van der Waals surface area contributed by atoms with Crippen molar-refractivity contribution in [2.45, 2.75) is 20.8 Å². The fourth-order valence-electron chi connectivity index (χ4n) is 2.80. The molecular weight excluding hydrogens is 413 g/mol. The molecule has 24 heavy (non-hydrogen) atoms. The van der Waals surface area contributed by atoms with Crippen molar-refractivity contribution in [1.82, 2.24) is 0 Å². The fraction of sp³-hybridized carbons (Fsp3) is 0.200. The van der Waals surface area contributed by atoms with E-state index in [9.17, 15) is 4.79 Å². The maximum atomic E-state index is 12.4. The smallest absolute Gasteiger partial charge is 0.344 e. The standard InChI is InChI=1S/C20H20NO2.HI/c1-4-23-20(22)19-13-21(16-11-9-14(2)10-12-16)15(3)17-7-5-6-8-18(17)19;/h5-13H,4H2,1-3H3;1H/q+1;/p-1. The lowest BCUT2D eigenvalue weighted by Crippen LogP contribution is -3.00. The molecule has 0 aliphatic rings. The molecule has 0 fully saturated rings. The van der Waals surface area contributed by atoms with Gasteiger partial charge in [-0.15, -0.1) is 0 Å². The molecule has 124 valence electrons. The number of aryl methyl sites for hydroxylation is 2. The van der Waals surface area contributed by atoms with Gasteiger partial charge in [0.2, 0.25) is 5.69 Å². The third-order valence-corrected chi connectivity index (χ3v) is 4.03. The Labute approximate surface area is 159 Å². The van der Waals surface area contributed by atoms with E-state index in [1.807, 2.05) is 42.0 Å². The number of rotatable bonds is 3. The number of fused-ring (bicyclic) bond motifs is 1. The molecule has 0 unspecified atom stereocenters. The van der Waals surface area contributed by atoms with Gasteiger partial charge in [-0.25, -0.2) is 4.79 Å². The molecule has 0 radical (unpaired) electrons. The van der Waals surface area contributed by atoms with Gasteiger partial charge in [0.15, 0.2) is 11.9 Å². The van der Waals surface area contributed by atoms with Crippen molar-refractivity contribution in [3.05, 3.63) is 71.5 Å². The highest BCUT2D eigenvalue weighted by atomic mass is 127. The SMILES string of the molecule is CCOC(=O)c1c[n+](-c2ccc(C)cc2)c(C)c2ccccc12.[I-]. The highest BCUT2D eigenvalue weighted by Gasteiger charge is 2.22. The van der Waals surface area contributed by atoms with E-state index in [4.69, 9.17) is 4.74 Å². The predicted molar refractivity (Wildman–Crippen MR) is 90.9 cm³/mol. The van der Waals surface area contributed by atoms with Gasteiger partial charge in [-0.3, -0.25) is 0 Å². The van der Waals surface area contributed by atoms with E-state index in [0.29, 0.717) is 12.2 Å². The number of nitrogens with zero attached hydrogens (tertiary/aromatic N) is 1. The average molecular weight is 433 g/mol. The van der Waals surface area contributed by atoms with Crippen LogP contribution in [0.5, 0.6) is 0 Å². The monoisotopic (exact) mass is 433 g/mol. The van der Waals surface area contributed by atoms with Gasteiger partial charge in [0, 0.05) is 24.4 Å². The van der Waals surface area contributed by atoms with Crippen LogP contribution in [0.25, 0.3) is 16.5 Å². The first-order valence-corrected chi connectivity index (χ1v) is 7.80. The number of pyridine rings is 1. The summed E-state index contributed by atoms with van der Waals surface area (Å²) in [4.78, 5) is 12.4. The van der Waals surface area contributed by atoms with Gasteiger partial charge in [-0.1, -0.05) is 35.9 Å². The lowest BCUT2D eigenvalue weighted by molar-refractivity contribution is -0.601. The second kappa shape index (κ2) is 7.75. The van der Waals surface area contributed by atoms with E-state index >= 15 is 0 Å². The van der Waals surface area contributed by atoms with E-state index in [0.717, 1.165) is 22.2 Å². The first-order chi connectivity index (χ1) is 11.1. The molecule has 3 aromatic rings. The highest BCUT2D eigenvalue weighted by molar-refractivity contribution is 6.04. The third-order valence-electron chi connectivity index (χ3n) is 4.03. The first kappa shape index (κ1) is 18.4. The normalized spacial score (nSPS) is 10.3. The van der Waals surface area contributed by atoms with Gasteiger partial charge in [-0.2, -0.15) is 4.57 Å². The van der Waals surface area contributed by atoms with Gasteiger partial charge in [0.1, 0.15) is 5.56 Å². The van der Waals surface area contributed by atoms with Crippen LogP contribution in [-0.4, -0.2) is 12.6 Å². The second-order valence-electron chi connectivity index (χ2n) is 5.60. The van der Waals surface area contributed by atoms with Crippen LogP contribution in [0.4, 0.5) is 0 Å². The number of hydrogen-bond donors (Lipinski definition) is 0. The Kier molecular flexibility index (Phi) is 5.94. The van der Waals surface area contributed by atoms with Crippen LogP contribution >= 0.6 is 0 Å². The number of hydrogen-bond acceptors (Lipinski definition) is 2. The molecule has 0 saturated carbocycles. The van der Waals surface area contributed by atoms with Crippen molar-refractivity contribution in [1.29, 1.82) is 0 Å². The van der Waals surface area contributed by atoms with Crippen LogP contribution in [-0.2, 0) is 4.74 Å². The summed E-state index contributed by atoms with van der Waals surface area (Å²) in [5, 5.41) is 1.98. The predicted octanol–water partition coefficient (Wildman–Crippen LogP) is 0.914. The number of esters is 1. The van der Waals surface area contributed by atoms with E-state index in [-0.39, 0.29) is 29.9 Å². The summed E-state index contributed by atoms with van der Waals surface area (Å²) in [7, 11) is 0. The minimum atomic E-state index is -0.287. The quantitative estimate of drug-likeness (QED) is 0.350. The second-order valence-corrected chi connectivity index (χ2v) is 5.60. The molecule has 0 aliphatic carbocycles. The summed E-state index contributed by atoms with van der Waals surface area (Å²) in [6.45, 7) is 6.32. The van der Waals surface area contributed by atoms with Gasteiger partial charge in [-0.05, 0) is 19.9 Å². The molecule has 1 aromatic heterocycles. The average Bonchev–Trinajstić information content (AvgIpc) is 2.57. The molecule has 1 heterocycles. The van der Waals surface area contributed by atoms with Crippen molar-refractivity contribution >= 4 is 16.7 Å². The van der Waals surface area contributed by atoms with Crippen LogP contribution < -0.4 is 28.5 Å². The lowest BCUT2D eigenvalue weighted by Gasteiger charge is -2.09. The number of halogens is 1. The van der Waals surface area contributed by atoms with Crippen molar-refractivity contribution in [2.75, 3.05) is 6.61 Å². The number of carbonyl (C=O) groups excluding carboxylic acids is 1. The molecule has 0 saturated heterocycles. The summed E-state index contributed by atoms with van der Waals surface area (Å²) < 4.78 is 7.28. The molecule has 4 heteroatoms. The van der Waals surface area contributed by atoms with Crippen molar-refractivity contribution in [3.63, 3.8) is 0 Å².